The van der Waals surface area contributed by atoms with Crippen molar-refractivity contribution >= 4 is 11.7 Å². The average molecular weight is 281 g/mol. The summed E-state index contributed by atoms with van der Waals surface area (Å²) in [4.78, 5) is 13.9. The van der Waals surface area contributed by atoms with E-state index in [-0.39, 0.29) is 18.7 Å². The number of aliphatic hydroxyl groups is 1. The zero-order valence-corrected chi connectivity index (χ0v) is 11.9. The van der Waals surface area contributed by atoms with Gasteiger partial charge in [-0.05, 0) is 19.3 Å². The molecule has 1 unspecified atom stereocenters. The van der Waals surface area contributed by atoms with Crippen molar-refractivity contribution in [2.75, 3.05) is 31.1 Å². The summed E-state index contributed by atoms with van der Waals surface area (Å²) in [6.07, 6.45) is 6.47. The van der Waals surface area contributed by atoms with Crippen LogP contribution in [0.5, 0.6) is 0 Å². The highest BCUT2D eigenvalue weighted by atomic mass is 16.3. The lowest BCUT2D eigenvalue weighted by Gasteiger charge is -2.33. The van der Waals surface area contributed by atoms with Gasteiger partial charge in [-0.2, -0.15) is 5.10 Å². The number of nitrogens with zero attached hydrogens (tertiary/aromatic N) is 3. The molecule has 1 saturated heterocycles. The van der Waals surface area contributed by atoms with E-state index in [1.807, 2.05) is 19.4 Å². The van der Waals surface area contributed by atoms with Crippen LogP contribution in [0, 0.1) is 0 Å². The van der Waals surface area contributed by atoms with E-state index in [2.05, 4.69) is 20.6 Å². The van der Waals surface area contributed by atoms with Crippen LogP contribution in [0.15, 0.2) is 12.4 Å². The van der Waals surface area contributed by atoms with E-state index >= 15 is 0 Å². The normalized spacial score (nSPS) is 18.9. The van der Waals surface area contributed by atoms with E-state index in [4.69, 9.17) is 5.11 Å². The van der Waals surface area contributed by atoms with Gasteiger partial charge in [-0.25, -0.2) is 4.79 Å². The summed E-state index contributed by atoms with van der Waals surface area (Å²) in [6.45, 7) is 2.40. The second kappa shape index (κ2) is 7.14. The van der Waals surface area contributed by atoms with Crippen molar-refractivity contribution in [1.29, 1.82) is 0 Å². The number of carbonyl (C=O) groups excluding carboxylic acids is 1. The molecule has 0 aromatic carbocycles. The minimum atomic E-state index is -0.156. The Morgan fingerprint density at radius 2 is 2.45 bits per heavy atom. The van der Waals surface area contributed by atoms with Gasteiger partial charge < -0.3 is 20.6 Å². The van der Waals surface area contributed by atoms with Crippen molar-refractivity contribution in [2.45, 2.75) is 25.3 Å². The summed E-state index contributed by atoms with van der Waals surface area (Å²) < 4.78 is 1.79. The molecule has 1 aliphatic rings. The summed E-state index contributed by atoms with van der Waals surface area (Å²) in [5, 5.41) is 18.6. The minimum absolute atomic E-state index is 0.0957. The molecule has 3 N–H and O–H groups in total. The molecule has 7 nitrogen and oxygen atoms in total. The number of hydrogen-bond acceptors (Lipinski definition) is 4. The molecule has 0 spiro atoms. The van der Waals surface area contributed by atoms with Crippen LogP contribution in [-0.4, -0.2) is 53.2 Å². The summed E-state index contributed by atoms with van der Waals surface area (Å²) in [7, 11) is 1.90. The first-order valence-corrected chi connectivity index (χ1v) is 7.08. The van der Waals surface area contributed by atoms with Crippen LogP contribution in [0.1, 0.15) is 19.3 Å². The van der Waals surface area contributed by atoms with E-state index in [1.165, 1.54) is 0 Å². The highest BCUT2D eigenvalue weighted by molar-refractivity contribution is 5.74. The van der Waals surface area contributed by atoms with Gasteiger partial charge in [0.1, 0.15) is 0 Å². The number of nitrogens with one attached hydrogen (secondary N) is 2. The number of carbonyl (C=O) groups is 1. The number of aromatic nitrogens is 2. The predicted octanol–water partition coefficient (Wildman–Crippen LogP) is 0.0705. The number of amides is 2. The third-order valence-corrected chi connectivity index (χ3v) is 3.43. The Morgan fingerprint density at radius 1 is 1.60 bits per heavy atom. The molecule has 20 heavy (non-hydrogen) atoms. The Hall–Kier alpha value is -1.76. The van der Waals surface area contributed by atoms with E-state index in [0.29, 0.717) is 13.0 Å². The molecular formula is C13H23N5O2. The third kappa shape index (κ3) is 4.12. The van der Waals surface area contributed by atoms with Crippen molar-refractivity contribution in [1.82, 2.24) is 20.4 Å². The van der Waals surface area contributed by atoms with E-state index in [1.54, 1.807) is 4.68 Å². The van der Waals surface area contributed by atoms with E-state index in [9.17, 15) is 4.79 Å². The molecule has 0 saturated carbocycles. The number of hydrogen-bond donors (Lipinski definition) is 3. The zero-order valence-electron chi connectivity index (χ0n) is 11.9. The molecule has 0 radical (unpaired) electrons. The number of anilines is 1. The summed E-state index contributed by atoms with van der Waals surface area (Å²) in [5.41, 5.74) is 1.10. The van der Waals surface area contributed by atoms with Gasteiger partial charge in [0.15, 0.2) is 0 Å². The Bertz CT molecular complexity index is 434. The van der Waals surface area contributed by atoms with Gasteiger partial charge in [0.25, 0.3) is 0 Å². The van der Waals surface area contributed by atoms with Crippen LogP contribution in [-0.2, 0) is 7.05 Å². The Labute approximate surface area is 118 Å². The van der Waals surface area contributed by atoms with Crippen LogP contribution < -0.4 is 15.5 Å². The number of rotatable bonds is 5. The SMILES string of the molecule is Cn1cc(N2CCCC(NC(=O)NCCCO)C2)cn1. The Balaban J connectivity index is 1.80. The largest absolute Gasteiger partial charge is 0.396 e. The van der Waals surface area contributed by atoms with Crippen LogP contribution in [0.3, 0.4) is 0 Å². The lowest BCUT2D eigenvalue weighted by Crippen LogP contribution is -2.50. The molecule has 0 aliphatic carbocycles. The van der Waals surface area contributed by atoms with Crippen LogP contribution in [0.25, 0.3) is 0 Å². The first kappa shape index (κ1) is 14.6. The van der Waals surface area contributed by atoms with Gasteiger partial charge in [-0.15, -0.1) is 0 Å². The maximum absolute atomic E-state index is 11.7. The van der Waals surface area contributed by atoms with Crippen molar-refractivity contribution < 1.29 is 9.90 Å². The number of aryl methyl sites for hydroxylation is 1. The number of urea groups is 1. The summed E-state index contributed by atoms with van der Waals surface area (Å²) in [5.74, 6) is 0. The highest BCUT2D eigenvalue weighted by Crippen LogP contribution is 2.18. The molecule has 1 atom stereocenters. The van der Waals surface area contributed by atoms with Gasteiger partial charge in [0, 0.05) is 45.5 Å². The highest BCUT2D eigenvalue weighted by Gasteiger charge is 2.22. The predicted molar refractivity (Wildman–Crippen MR) is 76.7 cm³/mol. The molecule has 1 aliphatic heterocycles. The van der Waals surface area contributed by atoms with Crippen molar-refractivity contribution in [3.05, 3.63) is 12.4 Å². The van der Waals surface area contributed by atoms with Gasteiger partial charge >= 0.3 is 6.03 Å². The standard InChI is InChI=1S/C13H23N5O2/c1-17-10-12(8-15-17)18-6-2-4-11(9-18)16-13(20)14-5-3-7-19/h8,10-11,19H,2-7,9H2,1H3,(H2,14,16,20). The fourth-order valence-electron chi connectivity index (χ4n) is 2.42. The summed E-state index contributed by atoms with van der Waals surface area (Å²) in [6, 6.07) is -0.00503. The molecular weight excluding hydrogens is 258 g/mol. The molecule has 1 fully saturated rings. The van der Waals surface area contributed by atoms with E-state index in [0.717, 1.165) is 31.6 Å². The third-order valence-electron chi connectivity index (χ3n) is 3.43. The molecule has 112 valence electrons. The van der Waals surface area contributed by atoms with Crippen molar-refractivity contribution in [2.24, 2.45) is 7.05 Å². The fourth-order valence-corrected chi connectivity index (χ4v) is 2.42. The van der Waals surface area contributed by atoms with E-state index < -0.39 is 0 Å². The monoisotopic (exact) mass is 281 g/mol. The smallest absolute Gasteiger partial charge is 0.315 e. The topological polar surface area (TPSA) is 82.4 Å². The number of piperidine rings is 1. The molecule has 7 heteroatoms. The van der Waals surface area contributed by atoms with Gasteiger partial charge in [0.05, 0.1) is 11.9 Å². The first-order chi connectivity index (χ1) is 9.69. The summed E-state index contributed by atoms with van der Waals surface area (Å²) >= 11 is 0. The van der Waals surface area contributed by atoms with Crippen molar-refractivity contribution in [3.8, 4) is 0 Å². The Kier molecular flexibility index (Phi) is 5.23. The van der Waals surface area contributed by atoms with Crippen LogP contribution >= 0.6 is 0 Å². The molecule has 0 bridgehead atoms. The van der Waals surface area contributed by atoms with Gasteiger partial charge in [-0.3, -0.25) is 4.68 Å². The molecule has 2 amide bonds. The maximum Gasteiger partial charge on any atom is 0.315 e. The van der Waals surface area contributed by atoms with Crippen LogP contribution in [0.4, 0.5) is 10.5 Å². The fraction of sp³-hybridized carbons (Fsp3) is 0.692. The van der Waals surface area contributed by atoms with Gasteiger partial charge in [-0.1, -0.05) is 0 Å². The van der Waals surface area contributed by atoms with Crippen molar-refractivity contribution in [3.63, 3.8) is 0 Å². The minimum Gasteiger partial charge on any atom is -0.396 e. The molecule has 2 rings (SSSR count). The van der Waals surface area contributed by atoms with Crippen LogP contribution in [0.2, 0.25) is 0 Å². The quantitative estimate of drug-likeness (QED) is 0.667. The second-order valence-corrected chi connectivity index (χ2v) is 5.13. The maximum atomic E-state index is 11.7. The second-order valence-electron chi connectivity index (χ2n) is 5.13. The Morgan fingerprint density at radius 3 is 3.15 bits per heavy atom. The molecule has 1 aromatic heterocycles. The zero-order chi connectivity index (χ0) is 14.4. The first-order valence-electron chi connectivity index (χ1n) is 7.08. The lowest BCUT2D eigenvalue weighted by molar-refractivity contribution is 0.232. The molecule has 1 aromatic rings. The average Bonchev–Trinajstić information content (AvgIpc) is 2.86. The number of aliphatic hydroxyl groups excluding tert-OH is 1. The lowest BCUT2D eigenvalue weighted by atomic mass is 10.1. The molecule has 2 heterocycles. The van der Waals surface area contributed by atoms with Gasteiger partial charge in [0.2, 0.25) is 0 Å².